The van der Waals surface area contributed by atoms with Crippen LogP contribution < -0.4 is 10.1 Å². The van der Waals surface area contributed by atoms with Crippen LogP contribution in [0.3, 0.4) is 0 Å². The number of nitrogens with one attached hydrogen (secondary N) is 1. The molecule has 25 heavy (non-hydrogen) atoms. The lowest BCUT2D eigenvalue weighted by Gasteiger charge is -2.30. The summed E-state index contributed by atoms with van der Waals surface area (Å²) in [5, 5.41) is 3.48. The van der Waals surface area contributed by atoms with Gasteiger partial charge in [-0.1, -0.05) is 0 Å². The molecule has 2 heterocycles. The molecule has 2 aliphatic heterocycles. The van der Waals surface area contributed by atoms with Crippen molar-refractivity contribution in [2.24, 2.45) is 0 Å². The van der Waals surface area contributed by atoms with Crippen LogP contribution in [-0.2, 0) is 10.9 Å². The van der Waals surface area contributed by atoms with Gasteiger partial charge in [-0.05, 0) is 57.7 Å². The van der Waals surface area contributed by atoms with Crippen LogP contribution in [0, 0.1) is 0 Å². The Morgan fingerprint density at radius 3 is 2.40 bits per heavy atom. The highest BCUT2D eigenvalue weighted by Crippen LogP contribution is 2.35. The highest BCUT2D eigenvalue weighted by molar-refractivity contribution is 5.93. The molecule has 4 nitrogen and oxygen atoms in total. The molecule has 2 atom stereocenters. The Labute approximate surface area is 144 Å². The van der Waals surface area contributed by atoms with E-state index in [1.807, 2.05) is 0 Å². The fourth-order valence-electron chi connectivity index (χ4n) is 3.53. The summed E-state index contributed by atoms with van der Waals surface area (Å²) in [5.41, 5.74) is -1.06. The second-order valence-electron chi connectivity index (χ2n) is 7.01. The average Bonchev–Trinajstić information content (AvgIpc) is 2.84. The number of esters is 1. The summed E-state index contributed by atoms with van der Waals surface area (Å²) in [6.07, 6.45) is -1.32. The third kappa shape index (κ3) is 4.26. The minimum atomic E-state index is -4.53. The van der Waals surface area contributed by atoms with Crippen molar-refractivity contribution < 1.29 is 27.4 Å². The summed E-state index contributed by atoms with van der Waals surface area (Å²) in [4.78, 5) is 12.3. The zero-order valence-electron chi connectivity index (χ0n) is 14.2. The molecule has 7 heteroatoms. The number of carbonyl (C=O) groups excluding carboxylic acids is 1. The number of ether oxygens (including phenoxy) is 2. The van der Waals surface area contributed by atoms with Gasteiger partial charge in [-0.2, -0.15) is 13.2 Å². The Morgan fingerprint density at radius 1 is 1.20 bits per heavy atom. The van der Waals surface area contributed by atoms with Crippen molar-refractivity contribution in [3.8, 4) is 5.75 Å². The maximum Gasteiger partial charge on any atom is 0.416 e. The molecule has 2 bridgehead atoms. The Hall–Kier alpha value is -1.76. The van der Waals surface area contributed by atoms with Gasteiger partial charge < -0.3 is 14.8 Å². The molecule has 3 rings (SSSR count). The first-order valence-corrected chi connectivity index (χ1v) is 8.57. The smallest absolute Gasteiger partial charge is 0.416 e. The minimum Gasteiger partial charge on any atom is -0.489 e. The normalized spacial score (nSPS) is 25.9. The van der Waals surface area contributed by atoms with Crippen molar-refractivity contribution in [1.82, 2.24) is 5.32 Å². The number of hydrogen-bond acceptors (Lipinski definition) is 4. The van der Waals surface area contributed by atoms with Gasteiger partial charge in [-0.25, -0.2) is 4.79 Å². The largest absolute Gasteiger partial charge is 0.489 e. The van der Waals surface area contributed by atoms with Gasteiger partial charge in [-0.3, -0.25) is 0 Å². The molecule has 2 unspecified atom stereocenters. The van der Waals surface area contributed by atoms with E-state index in [1.165, 1.54) is 6.07 Å². The van der Waals surface area contributed by atoms with Gasteiger partial charge in [0.15, 0.2) is 0 Å². The molecular formula is C18H22F3NO3. The monoisotopic (exact) mass is 357 g/mol. The second kappa shape index (κ2) is 6.86. The molecule has 2 aliphatic rings. The van der Waals surface area contributed by atoms with Gasteiger partial charge in [0.2, 0.25) is 0 Å². The molecule has 0 aromatic heterocycles. The molecule has 0 radical (unpaired) electrons. The number of carbonyl (C=O) groups is 1. The SMILES string of the molecule is CC(C)OC(=O)c1cc(C(F)(F)F)ccc1OC1CC2CCC(C1)N2. The van der Waals surface area contributed by atoms with E-state index < -0.39 is 23.8 Å². The van der Waals surface area contributed by atoms with Gasteiger partial charge in [0.05, 0.1) is 11.7 Å². The number of halogens is 3. The summed E-state index contributed by atoms with van der Waals surface area (Å²) in [5.74, 6) is -0.641. The summed E-state index contributed by atoms with van der Waals surface area (Å²) in [6, 6.07) is 3.74. The van der Waals surface area contributed by atoms with E-state index >= 15 is 0 Å². The van der Waals surface area contributed by atoms with Gasteiger partial charge >= 0.3 is 12.1 Å². The molecule has 2 fully saturated rings. The lowest BCUT2D eigenvalue weighted by Crippen LogP contribution is -2.42. The molecule has 2 saturated heterocycles. The summed E-state index contributed by atoms with van der Waals surface area (Å²) in [7, 11) is 0. The van der Waals surface area contributed by atoms with Crippen molar-refractivity contribution in [2.75, 3.05) is 0 Å². The minimum absolute atomic E-state index is 0.110. The number of rotatable bonds is 4. The fraction of sp³-hybridized carbons (Fsp3) is 0.611. The summed E-state index contributed by atoms with van der Waals surface area (Å²) >= 11 is 0. The Kier molecular flexibility index (Phi) is 4.95. The lowest BCUT2D eigenvalue weighted by molar-refractivity contribution is -0.137. The predicted octanol–water partition coefficient (Wildman–Crippen LogP) is 3.93. The van der Waals surface area contributed by atoms with Crippen molar-refractivity contribution in [2.45, 2.75) is 70.0 Å². The van der Waals surface area contributed by atoms with Crippen LogP contribution in [0.2, 0.25) is 0 Å². The van der Waals surface area contributed by atoms with E-state index in [-0.39, 0.29) is 17.4 Å². The third-order valence-electron chi connectivity index (χ3n) is 4.59. The molecular weight excluding hydrogens is 335 g/mol. The van der Waals surface area contributed by atoms with Crippen molar-refractivity contribution >= 4 is 5.97 Å². The lowest BCUT2D eigenvalue weighted by atomic mass is 10.0. The van der Waals surface area contributed by atoms with E-state index in [0.29, 0.717) is 12.1 Å². The van der Waals surface area contributed by atoms with Crippen molar-refractivity contribution in [3.05, 3.63) is 29.3 Å². The topological polar surface area (TPSA) is 47.6 Å². The van der Waals surface area contributed by atoms with Crippen LogP contribution in [0.15, 0.2) is 18.2 Å². The number of benzene rings is 1. The van der Waals surface area contributed by atoms with Crippen LogP contribution >= 0.6 is 0 Å². The molecule has 0 amide bonds. The van der Waals surface area contributed by atoms with Crippen LogP contribution in [0.5, 0.6) is 5.75 Å². The summed E-state index contributed by atoms with van der Waals surface area (Å²) in [6.45, 7) is 3.30. The van der Waals surface area contributed by atoms with Crippen LogP contribution in [-0.4, -0.2) is 30.3 Å². The van der Waals surface area contributed by atoms with Crippen LogP contribution in [0.1, 0.15) is 55.5 Å². The first-order valence-electron chi connectivity index (χ1n) is 8.57. The number of fused-ring (bicyclic) bond motifs is 2. The van der Waals surface area contributed by atoms with E-state index in [0.717, 1.165) is 37.8 Å². The molecule has 0 spiro atoms. The second-order valence-corrected chi connectivity index (χ2v) is 7.01. The molecule has 0 saturated carbocycles. The maximum atomic E-state index is 13.0. The Bertz CT molecular complexity index is 633. The van der Waals surface area contributed by atoms with Crippen molar-refractivity contribution in [3.63, 3.8) is 0 Å². The molecule has 0 aliphatic carbocycles. The van der Waals surface area contributed by atoms with E-state index in [2.05, 4.69) is 5.32 Å². The van der Waals surface area contributed by atoms with E-state index in [9.17, 15) is 18.0 Å². The standard InChI is InChI=1S/C18H22F3NO3/c1-10(2)24-17(23)15-7-11(18(19,20)21)3-6-16(15)25-14-8-12-4-5-13(9-14)22-12/h3,6-7,10,12-14,22H,4-5,8-9H2,1-2H3. The van der Waals surface area contributed by atoms with Crippen LogP contribution in [0.25, 0.3) is 0 Å². The summed E-state index contributed by atoms with van der Waals surface area (Å²) < 4.78 is 50.0. The number of alkyl halides is 3. The molecule has 1 aromatic rings. The fourth-order valence-corrected chi connectivity index (χ4v) is 3.53. The zero-order chi connectivity index (χ0) is 18.2. The number of piperidine rings is 1. The van der Waals surface area contributed by atoms with Gasteiger partial charge in [0, 0.05) is 12.1 Å². The first-order chi connectivity index (χ1) is 11.7. The highest BCUT2D eigenvalue weighted by atomic mass is 19.4. The van der Waals surface area contributed by atoms with E-state index in [1.54, 1.807) is 13.8 Å². The molecule has 1 N–H and O–H groups in total. The van der Waals surface area contributed by atoms with Gasteiger partial charge in [0.1, 0.15) is 17.4 Å². The number of hydrogen-bond donors (Lipinski definition) is 1. The van der Waals surface area contributed by atoms with Crippen LogP contribution in [0.4, 0.5) is 13.2 Å². The highest BCUT2D eigenvalue weighted by Gasteiger charge is 2.36. The first kappa shape index (κ1) is 18.0. The average molecular weight is 357 g/mol. The van der Waals surface area contributed by atoms with Gasteiger partial charge in [-0.15, -0.1) is 0 Å². The predicted molar refractivity (Wildman–Crippen MR) is 85.6 cm³/mol. The molecule has 138 valence electrons. The van der Waals surface area contributed by atoms with Crippen molar-refractivity contribution in [1.29, 1.82) is 0 Å². The quantitative estimate of drug-likeness (QED) is 0.830. The Morgan fingerprint density at radius 2 is 1.84 bits per heavy atom. The third-order valence-corrected chi connectivity index (χ3v) is 4.59. The maximum absolute atomic E-state index is 13.0. The van der Waals surface area contributed by atoms with E-state index in [4.69, 9.17) is 9.47 Å². The van der Waals surface area contributed by atoms with Gasteiger partial charge in [0.25, 0.3) is 0 Å². The Balaban J connectivity index is 1.85. The molecule has 1 aromatic carbocycles. The zero-order valence-corrected chi connectivity index (χ0v) is 14.2.